The topological polar surface area (TPSA) is 98.5 Å². The van der Waals surface area contributed by atoms with E-state index >= 15 is 0 Å². The lowest BCUT2D eigenvalue weighted by Crippen LogP contribution is -2.50. The maximum Gasteiger partial charge on any atom is 0.560 e. The van der Waals surface area contributed by atoms with Crippen LogP contribution in [0.5, 0.6) is 0 Å². The molecule has 0 aromatic carbocycles. The molecule has 1 rings (SSSR count). The van der Waals surface area contributed by atoms with Gasteiger partial charge in [0.2, 0.25) is 0 Å². The van der Waals surface area contributed by atoms with Crippen molar-refractivity contribution in [1.82, 2.24) is 0 Å². The Morgan fingerprint density at radius 2 is 1.43 bits per heavy atom. The quantitative estimate of drug-likeness (QED) is 0.546. The van der Waals surface area contributed by atoms with Crippen LogP contribution in [0, 0.1) is 0 Å². The summed E-state index contributed by atoms with van der Waals surface area (Å²) < 4.78 is 85.8. The Balaban J connectivity index is 0.000000690. The normalized spacial score (nSPS) is 12.3. The van der Waals surface area contributed by atoms with Gasteiger partial charge in [-0.05, 0) is 0 Å². The molecule has 0 saturated heterocycles. The number of anilines is 1. The van der Waals surface area contributed by atoms with Crippen molar-refractivity contribution in [2.24, 2.45) is 0 Å². The summed E-state index contributed by atoms with van der Waals surface area (Å²) in [6.07, 6.45) is 2.32. The summed E-state index contributed by atoms with van der Waals surface area (Å²) in [5.74, 6) is 0. The second-order valence-electron chi connectivity index (χ2n) is 3.94. The number of pyridine rings is 1. The molecule has 1 heterocycles. The van der Waals surface area contributed by atoms with Gasteiger partial charge in [-0.1, -0.05) is 3.97 Å². The van der Waals surface area contributed by atoms with Crippen LogP contribution in [0.15, 0.2) is 24.5 Å². The number of rotatable bonds is 2. The standard InChI is InChI=1S/C8H10F3N2O2S.CH4O3S/c1-12(2)7-3-5-13(6-4-7)16(14,15)8(9,10)11;1-5(2,3)4/h3-6H,1-2H3;1H3,(H,2,3,4)/q+1;/p-1. The van der Waals surface area contributed by atoms with Crippen LogP contribution in [0.1, 0.15) is 0 Å². The highest BCUT2D eigenvalue weighted by atomic mass is 32.2. The number of hydrogen-bond acceptors (Lipinski definition) is 6. The lowest BCUT2D eigenvalue weighted by molar-refractivity contribution is -0.518. The van der Waals surface area contributed by atoms with Gasteiger partial charge in [-0.3, -0.25) is 0 Å². The zero-order valence-corrected chi connectivity index (χ0v) is 12.8. The van der Waals surface area contributed by atoms with Crippen LogP contribution in [-0.2, 0) is 20.1 Å². The van der Waals surface area contributed by atoms with Crippen molar-refractivity contribution in [1.29, 1.82) is 0 Å². The van der Waals surface area contributed by atoms with Crippen LogP contribution in [0.25, 0.3) is 0 Å². The van der Waals surface area contributed by atoms with Gasteiger partial charge in [0.05, 0.1) is 10.1 Å². The van der Waals surface area contributed by atoms with Crippen LogP contribution >= 0.6 is 0 Å². The van der Waals surface area contributed by atoms with Gasteiger partial charge in [0.25, 0.3) is 0 Å². The first-order valence-electron chi connectivity index (χ1n) is 5.07. The first-order valence-corrected chi connectivity index (χ1v) is 8.33. The molecule has 0 saturated carbocycles. The minimum atomic E-state index is -5.32. The molecule has 0 unspecified atom stereocenters. The summed E-state index contributed by atoms with van der Waals surface area (Å²) in [4.78, 5) is 1.64. The van der Waals surface area contributed by atoms with E-state index in [9.17, 15) is 21.6 Å². The highest BCUT2D eigenvalue weighted by Gasteiger charge is 2.54. The maximum absolute atomic E-state index is 12.2. The van der Waals surface area contributed by atoms with Crippen molar-refractivity contribution in [3.05, 3.63) is 24.5 Å². The van der Waals surface area contributed by atoms with Gasteiger partial charge in [0, 0.05) is 38.2 Å². The number of aromatic nitrogens is 1. The van der Waals surface area contributed by atoms with E-state index in [0.29, 0.717) is 11.9 Å². The Hall–Kier alpha value is -1.40. The van der Waals surface area contributed by atoms with Gasteiger partial charge in [-0.15, -0.1) is 0 Å². The Morgan fingerprint density at radius 3 is 1.67 bits per heavy atom. The van der Waals surface area contributed by atoms with Gasteiger partial charge in [-0.25, -0.2) is 8.42 Å². The molecule has 1 aromatic heterocycles. The van der Waals surface area contributed by atoms with E-state index in [0.717, 1.165) is 12.4 Å². The van der Waals surface area contributed by atoms with Crippen molar-refractivity contribution in [3.63, 3.8) is 0 Å². The summed E-state index contributed by atoms with van der Waals surface area (Å²) in [6, 6.07) is 2.56. The summed E-state index contributed by atoms with van der Waals surface area (Å²) in [5.41, 5.74) is -4.69. The smallest absolute Gasteiger partial charge is 0.560 e. The van der Waals surface area contributed by atoms with E-state index < -0.39 is 25.6 Å². The fourth-order valence-electron chi connectivity index (χ4n) is 0.983. The summed E-state index contributed by atoms with van der Waals surface area (Å²) in [5, 5.41) is 0. The molecule has 0 fully saturated rings. The van der Waals surface area contributed by atoms with E-state index in [1.807, 2.05) is 0 Å². The largest absolute Gasteiger partial charge is 0.748 e. The maximum atomic E-state index is 12.2. The third-order valence-electron chi connectivity index (χ3n) is 1.87. The molecule has 0 aliphatic rings. The molecule has 122 valence electrons. The first-order chi connectivity index (χ1) is 9.16. The summed E-state index contributed by atoms with van der Waals surface area (Å²) in [6.45, 7) is 0. The molecule has 21 heavy (non-hydrogen) atoms. The van der Waals surface area contributed by atoms with Crippen molar-refractivity contribution < 1.29 is 38.5 Å². The van der Waals surface area contributed by atoms with Gasteiger partial charge in [0.15, 0.2) is 12.4 Å². The van der Waals surface area contributed by atoms with Crippen LogP contribution in [-0.4, -0.2) is 47.2 Å². The molecule has 7 nitrogen and oxygen atoms in total. The highest BCUT2D eigenvalue weighted by molar-refractivity contribution is 7.85. The minimum absolute atomic E-state index is 0.139. The SMILES string of the molecule is CN(C)c1cc[n+](S(=O)(=O)C(F)(F)F)cc1.CS(=O)(=O)[O-]. The average Bonchev–Trinajstić information content (AvgIpc) is 2.25. The molecule has 0 aliphatic carbocycles. The van der Waals surface area contributed by atoms with Gasteiger partial charge >= 0.3 is 15.5 Å². The molecule has 1 aromatic rings. The molecular weight excluding hydrogens is 337 g/mol. The zero-order valence-electron chi connectivity index (χ0n) is 11.2. The van der Waals surface area contributed by atoms with Crippen LogP contribution in [0.3, 0.4) is 0 Å². The van der Waals surface area contributed by atoms with E-state index in [2.05, 4.69) is 0 Å². The summed E-state index contributed by atoms with van der Waals surface area (Å²) in [7, 11) is -5.85. The Kier molecular flexibility index (Phi) is 6.14. The Labute approximate surface area is 120 Å². The highest BCUT2D eigenvalue weighted by Crippen LogP contribution is 2.21. The molecule has 12 heteroatoms. The third-order valence-corrected chi connectivity index (χ3v) is 3.25. The average molecular weight is 350 g/mol. The van der Waals surface area contributed by atoms with E-state index in [1.165, 1.54) is 12.1 Å². The van der Waals surface area contributed by atoms with E-state index in [4.69, 9.17) is 13.0 Å². The van der Waals surface area contributed by atoms with E-state index in [-0.39, 0.29) is 3.97 Å². The predicted molar refractivity (Wildman–Crippen MR) is 67.0 cm³/mol. The number of hydrogen-bond donors (Lipinski definition) is 0. The minimum Gasteiger partial charge on any atom is -0.748 e. The summed E-state index contributed by atoms with van der Waals surface area (Å²) >= 11 is 0. The van der Waals surface area contributed by atoms with Crippen molar-refractivity contribution in [2.75, 3.05) is 25.3 Å². The molecule has 0 N–H and O–H groups in total. The van der Waals surface area contributed by atoms with Crippen molar-refractivity contribution >= 4 is 25.8 Å². The van der Waals surface area contributed by atoms with Crippen molar-refractivity contribution in [3.8, 4) is 0 Å². The van der Waals surface area contributed by atoms with Gasteiger partial charge in [0.1, 0.15) is 0 Å². The van der Waals surface area contributed by atoms with Crippen molar-refractivity contribution in [2.45, 2.75) is 5.51 Å². The number of alkyl halides is 3. The lowest BCUT2D eigenvalue weighted by Gasteiger charge is -2.10. The second-order valence-corrected chi connectivity index (χ2v) is 7.18. The number of halogens is 3. The molecule has 0 spiro atoms. The molecule has 0 atom stereocenters. The Bertz CT molecular complexity index is 658. The Morgan fingerprint density at radius 1 is 1.10 bits per heavy atom. The third kappa shape index (κ3) is 6.73. The van der Waals surface area contributed by atoms with Crippen LogP contribution < -0.4 is 8.87 Å². The van der Waals surface area contributed by atoms with Gasteiger partial charge < -0.3 is 9.45 Å². The second kappa shape index (κ2) is 6.58. The number of nitrogens with zero attached hydrogens (tertiary/aromatic N) is 2. The fourth-order valence-corrected chi connectivity index (χ4v) is 1.66. The monoisotopic (exact) mass is 350 g/mol. The van der Waals surface area contributed by atoms with Gasteiger partial charge in [-0.2, -0.15) is 21.6 Å². The zero-order chi connectivity index (χ0) is 17.1. The van der Waals surface area contributed by atoms with Crippen LogP contribution in [0.2, 0.25) is 0 Å². The molecule has 0 bridgehead atoms. The molecule has 0 amide bonds. The molecular formula is C9H13F3N2O5S2. The molecule has 0 aliphatic heterocycles. The lowest BCUT2D eigenvalue weighted by atomic mass is 10.4. The van der Waals surface area contributed by atoms with Crippen LogP contribution in [0.4, 0.5) is 18.9 Å². The fraction of sp³-hybridized carbons (Fsp3) is 0.444. The van der Waals surface area contributed by atoms with E-state index in [1.54, 1.807) is 19.0 Å². The molecule has 0 radical (unpaired) electrons. The first kappa shape index (κ1) is 19.6. The predicted octanol–water partition coefficient (Wildman–Crippen LogP) is -0.101.